The zero-order valence-electron chi connectivity index (χ0n) is 8.72. The quantitative estimate of drug-likeness (QED) is 0.600. The maximum Gasteiger partial charge on any atom is 0.310 e. The maximum absolute atomic E-state index is 10.5. The lowest BCUT2D eigenvalue weighted by atomic mass is 9.97. The second kappa shape index (κ2) is 3.75. The van der Waals surface area contributed by atoms with E-state index in [4.69, 9.17) is 5.11 Å². The number of aromatic hydroxyl groups is 1. The molecule has 0 amide bonds. The van der Waals surface area contributed by atoms with Gasteiger partial charge in [0.15, 0.2) is 5.75 Å². The summed E-state index contributed by atoms with van der Waals surface area (Å²) in [5.74, 6) is -0.309. The number of hydrogen-bond donors (Lipinski definition) is 2. The molecule has 0 atom stereocenters. The first-order valence-corrected chi connectivity index (χ1v) is 5.13. The number of nitro groups is 1. The molecule has 0 aromatic heterocycles. The fraction of sp³-hybridized carbons (Fsp3) is 0.455. The molecule has 0 aliphatic heterocycles. The summed E-state index contributed by atoms with van der Waals surface area (Å²) < 4.78 is 0. The summed E-state index contributed by atoms with van der Waals surface area (Å²) >= 11 is 0. The highest BCUT2D eigenvalue weighted by Gasteiger charge is 2.41. The van der Waals surface area contributed by atoms with Crippen LogP contribution >= 0.6 is 0 Å². The summed E-state index contributed by atoms with van der Waals surface area (Å²) in [5.41, 5.74) is 0.495. The number of phenols is 1. The van der Waals surface area contributed by atoms with Crippen molar-refractivity contribution in [2.75, 3.05) is 6.61 Å². The van der Waals surface area contributed by atoms with Crippen LogP contribution in [0.2, 0.25) is 0 Å². The van der Waals surface area contributed by atoms with E-state index >= 15 is 0 Å². The van der Waals surface area contributed by atoms with Crippen molar-refractivity contribution in [2.24, 2.45) is 5.41 Å². The lowest BCUT2D eigenvalue weighted by Gasteiger charge is -2.11. The summed E-state index contributed by atoms with van der Waals surface area (Å²) in [6.45, 7) is 0.130. The van der Waals surface area contributed by atoms with Crippen LogP contribution in [0.25, 0.3) is 0 Å². The Bertz CT molecular complexity index is 426. The van der Waals surface area contributed by atoms with Crippen LogP contribution in [-0.2, 0) is 6.42 Å². The van der Waals surface area contributed by atoms with Gasteiger partial charge < -0.3 is 10.2 Å². The highest BCUT2D eigenvalue weighted by atomic mass is 16.6. The van der Waals surface area contributed by atoms with Crippen LogP contribution in [0.4, 0.5) is 5.69 Å². The molecular weight excluding hydrogens is 210 g/mol. The average Bonchev–Trinajstić information content (AvgIpc) is 2.98. The maximum atomic E-state index is 10.5. The van der Waals surface area contributed by atoms with Crippen LogP contribution in [0.15, 0.2) is 18.2 Å². The fourth-order valence-corrected chi connectivity index (χ4v) is 1.83. The third kappa shape index (κ3) is 1.99. The van der Waals surface area contributed by atoms with E-state index < -0.39 is 4.92 Å². The van der Waals surface area contributed by atoms with Gasteiger partial charge in [-0.05, 0) is 36.3 Å². The Morgan fingerprint density at radius 1 is 1.44 bits per heavy atom. The summed E-state index contributed by atoms with van der Waals surface area (Å²) in [5, 5.41) is 29.1. The summed E-state index contributed by atoms with van der Waals surface area (Å²) in [6.07, 6.45) is 2.61. The van der Waals surface area contributed by atoms with E-state index in [1.807, 2.05) is 0 Å². The lowest BCUT2D eigenvalue weighted by molar-refractivity contribution is -0.385. The van der Waals surface area contributed by atoms with Crippen LogP contribution in [0, 0.1) is 15.5 Å². The molecule has 86 valence electrons. The van der Waals surface area contributed by atoms with E-state index in [1.165, 1.54) is 12.1 Å². The predicted octanol–water partition coefficient (Wildman–Crippen LogP) is 1.62. The van der Waals surface area contributed by atoms with Crippen molar-refractivity contribution in [2.45, 2.75) is 19.3 Å². The third-order valence-electron chi connectivity index (χ3n) is 3.11. The van der Waals surface area contributed by atoms with Crippen molar-refractivity contribution in [3.05, 3.63) is 33.9 Å². The molecule has 2 rings (SSSR count). The number of aliphatic hydroxyl groups is 1. The van der Waals surface area contributed by atoms with Gasteiger partial charge in [-0.15, -0.1) is 0 Å². The van der Waals surface area contributed by atoms with E-state index in [2.05, 4.69) is 0 Å². The molecular formula is C11H13NO4. The van der Waals surface area contributed by atoms with Crippen LogP contribution in [0.5, 0.6) is 5.75 Å². The number of nitro benzene ring substituents is 1. The van der Waals surface area contributed by atoms with Gasteiger partial charge in [0.05, 0.1) is 4.92 Å². The van der Waals surface area contributed by atoms with E-state index in [1.54, 1.807) is 6.07 Å². The molecule has 1 aliphatic rings. The molecule has 0 bridgehead atoms. The number of rotatable bonds is 4. The second-order valence-electron chi connectivity index (χ2n) is 4.42. The fourth-order valence-electron chi connectivity index (χ4n) is 1.83. The van der Waals surface area contributed by atoms with Crippen molar-refractivity contribution in [3.8, 4) is 5.75 Å². The van der Waals surface area contributed by atoms with Crippen molar-refractivity contribution in [1.82, 2.24) is 0 Å². The third-order valence-corrected chi connectivity index (χ3v) is 3.11. The zero-order valence-corrected chi connectivity index (χ0v) is 8.72. The highest BCUT2D eigenvalue weighted by molar-refractivity contribution is 5.47. The summed E-state index contributed by atoms with van der Waals surface area (Å²) in [4.78, 5) is 9.88. The highest BCUT2D eigenvalue weighted by Crippen LogP contribution is 2.48. The molecule has 2 N–H and O–H groups in total. The molecule has 1 aliphatic carbocycles. The van der Waals surface area contributed by atoms with Gasteiger partial charge >= 0.3 is 5.69 Å². The van der Waals surface area contributed by atoms with Crippen molar-refractivity contribution in [3.63, 3.8) is 0 Å². The molecule has 5 nitrogen and oxygen atoms in total. The van der Waals surface area contributed by atoms with E-state index in [0.29, 0.717) is 6.42 Å². The SMILES string of the molecule is O=[N+]([O-])c1ccc(CC2(CO)CC2)cc1O. The normalized spacial score (nSPS) is 17.1. The predicted molar refractivity (Wildman–Crippen MR) is 57.2 cm³/mol. The Balaban J connectivity index is 2.18. The molecule has 0 saturated heterocycles. The molecule has 5 heteroatoms. The van der Waals surface area contributed by atoms with Gasteiger partial charge in [0.25, 0.3) is 0 Å². The lowest BCUT2D eigenvalue weighted by Crippen LogP contribution is -2.09. The monoisotopic (exact) mass is 223 g/mol. The Morgan fingerprint density at radius 3 is 2.56 bits per heavy atom. The van der Waals surface area contributed by atoms with Crippen molar-refractivity contribution >= 4 is 5.69 Å². The van der Waals surface area contributed by atoms with Crippen LogP contribution in [0.3, 0.4) is 0 Å². The minimum absolute atomic E-state index is 0.0530. The van der Waals surface area contributed by atoms with Crippen LogP contribution in [-0.4, -0.2) is 21.7 Å². The Morgan fingerprint density at radius 2 is 2.12 bits per heavy atom. The molecule has 1 fully saturated rings. The number of aliphatic hydroxyl groups excluding tert-OH is 1. The van der Waals surface area contributed by atoms with Crippen LogP contribution < -0.4 is 0 Å². The average molecular weight is 223 g/mol. The van der Waals surface area contributed by atoms with Gasteiger partial charge in [0, 0.05) is 12.7 Å². The first kappa shape index (κ1) is 10.9. The van der Waals surface area contributed by atoms with Gasteiger partial charge in [-0.1, -0.05) is 6.07 Å². The summed E-state index contributed by atoms with van der Waals surface area (Å²) in [6, 6.07) is 4.35. The van der Waals surface area contributed by atoms with Gasteiger partial charge in [-0.2, -0.15) is 0 Å². The van der Waals surface area contributed by atoms with Crippen molar-refractivity contribution < 1.29 is 15.1 Å². The number of phenolic OH excluding ortho intramolecular Hbond substituents is 1. The molecule has 0 unspecified atom stereocenters. The number of benzene rings is 1. The first-order valence-electron chi connectivity index (χ1n) is 5.13. The van der Waals surface area contributed by atoms with E-state index in [9.17, 15) is 15.2 Å². The molecule has 16 heavy (non-hydrogen) atoms. The van der Waals surface area contributed by atoms with Crippen molar-refractivity contribution in [1.29, 1.82) is 0 Å². The number of hydrogen-bond acceptors (Lipinski definition) is 4. The Kier molecular flexibility index (Phi) is 2.55. The second-order valence-corrected chi connectivity index (χ2v) is 4.42. The number of nitrogens with zero attached hydrogens (tertiary/aromatic N) is 1. The topological polar surface area (TPSA) is 83.6 Å². The van der Waals surface area contributed by atoms with Gasteiger partial charge in [-0.25, -0.2) is 0 Å². The molecule has 0 spiro atoms. The standard InChI is InChI=1S/C11H13NO4/c13-7-11(3-4-11)6-8-1-2-9(12(15)16)10(14)5-8/h1-2,5,13-14H,3-4,6-7H2. The summed E-state index contributed by atoms with van der Waals surface area (Å²) in [7, 11) is 0. The first-order chi connectivity index (χ1) is 7.56. The van der Waals surface area contributed by atoms with Gasteiger partial charge in [-0.3, -0.25) is 10.1 Å². The smallest absolute Gasteiger partial charge is 0.310 e. The van der Waals surface area contributed by atoms with Gasteiger partial charge in [0.1, 0.15) is 0 Å². The van der Waals surface area contributed by atoms with Gasteiger partial charge in [0.2, 0.25) is 0 Å². The molecule has 0 heterocycles. The minimum atomic E-state index is -0.613. The van der Waals surface area contributed by atoms with E-state index in [0.717, 1.165) is 18.4 Å². The van der Waals surface area contributed by atoms with E-state index in [-0.39, 0.29) is 23.5 Å². The molecule has 1 aromatic carbocycles. The molecule has 0 radical (unpaired) electrons. The zero-order chi connectivity index (χ0) is 11.8. The molecule has 1 aromatic rings. The molecule has 1 saturated carbocycles. The minimum Gasteiger partial charge on any atom is -0.502 e. The Labute approximate surface area is 92.5 Å². The largest absolute Gasteiger partial charge is 0.502 e. The Hall–Kier alpha value is -1.62. The van der Waals surface area contributed by atoms with Crippen LogP contribution in [0.1, 0.15) is 18.4 Å².